The molecule has 0 saturated heterocycles. The fourth-order valence-corrected chi connectivity index (χ4v) is 3.00. The number of aryl methyl sites for hydroxylation is 2. The zero-order valence-corrected chi connectivity index (χ0v) is 12.3. The lowest BCUT2D eigenvalue weighted by atomic mass is 10.0. The summed E-state index contributed by atoms with van der Waals surface area (Å²) in [5.74, 6) is 0. The van der Waals surface area contributed by atoms with Gasteiger partial charge in [-0.1, -0.05) is 18.5 Å². The molecule has 0 spiro atoms. The van der Waals surface area contributed by atoms with Crippen LogP contribution >= 0.6 is 11.6 Å². The second-order valence-electron chi connectivity index (χ2n) is 5.31. The van der Waals surface area contributed by atoms with Crippen LogP contribution in [-0.4, -0.2) is 11.5 Å². The molecule has 0 saturated carbocycles. The van der Waals surface area contributed by atoms with Gasteiger partial charge in [0.05, 0.1) is 5.52 Å². The van der Waals surface area contributed by atoms with Crippen LogP contribution in [0.1, 0.15) is 36.6 Å². The van der Waals surface area contributed by atoms with Crippen LogP contribution in [-0.2, 0) is 12.8 Å². The fourth-order valence-electron chi connectivity index (χ4n) is 2.84. The molecule has 1 aliphatic carbocycles. The molecule has 0 amide bonds. The number of hydrogen-bond acceptors (Lipinski definition) is 2. The summed E-state index contributed by atoms with van der Waals surface area (Å²) in [5.41, 5.74) is 6.11. The van der Waals surface area contributed by atoms with E-state index in [-0.39, 0.29) is 0 Å². The summed E-state index contributed by atoms with van der Waals surface area (Å²) in [6.07, 6.45) is 4.58. The van der Waals surface area contributed by atoms with Crippen molar-refractivity contribution in [3.8, 4) is 0 Å². The van der Waals surface area contributed by atoms with Gasteiger partial charge in [-0.15, -0.1) is 0 Å². The van der Waals surface area contributed by atoms with Crippen LogP contribution in [0.4, 0.5) is 5.69 Å². The number of rotatable bonds is 3. The highest BCUT2D eigenvalue weighted by Gasteiger charge is 2.19. The maximum absolute atomic E-state index is 6.23. The lowest BCUT2D eigenvalue weighted by Gasteiger charge is -2.15. The summed E-state index contributed by atoms with van der Waals surface area (Å²) in [6.45, 7) is 5.25. The molecule has 0 aliphatic heterocycles. The SMILES string of the molecule is CCCNc1c2c(nc3cc(Cl)c(C)cc13)CCC2. The Labute approximate surface area is 119 Å². The highest BCUT2D eigenvalue weighted by molar-refractivity contribution is 6.32. The number of aromatic nitrogens is 1. The summed E-state index contributed by atoms with van der Waals surface area (Å²) in [7, 11) is 0. The molecule has 0 radical (unpaired) electrons. The first-order valence-corrected chi connectivity index (χ1v) is 7.44. The molecular formula is C16H19ClN2. The Balaban J connectivity index is 2.25. The van der Waals surface area contributed by atoms with Crippen LogP contribution in [0.3, 0.4) is 0 Å². The average molecular weight is 275 g/mol. The largest absolute Gasteiger partial charge is 0.384 e. The molecule has 1 heterocycles. The van der Waals surface area contributed by atoms with E-state index in [0.29, 0.717) is 0 Å². The quantitative estimate of drug-likeness (QED) is 0.891. The van der Waals surface area contributed by atoms with Crippen molar-refractivity contribution in [1.29, 1.82) is 0 Å². The maximum atomic E-state index is 6.23. The van der Waals surface area contributed by atoms with Crippen LogP contribution in [0, 0.1) is 6.92 Å². The lowest BCUT2D eigenvalue weighted by molar-refractivity contribution is 0.900. The third kappa shape index (κ3) is 2.18. The molecule has 1 aliphatic rings. The van der Waals surface area contributed by atoms with Crippen molar-refractivity contribution in [2.75, 3.05) is 11.9 Å². The number of pyridine rings is 1. The Morgan fingerprint density at radius 2 is 2.16 bits per heavy atom. The molecule has 1 aromatic heterocycles. The maximum Gasteiger partial charge on any atom is 0.0741 e. The van der Waals surface area contributed by atoms with Gasteiger partial charge in [-0.25, -0.2) is 0 Å². The van der Waals surface area contributed by atoms with Crippen LogP contribution in [0.25, 0.3) is 10.9 Å². The number of fused-ring (bicyclic) bond motifs is 2. The van der Waals surface area contributed by atoms with Crippen molar-refractivity contribution in [3.63, 3.8) is 0 Å². The molecule has 0 fully saturated rings. The summed E-state index contributed by atoms with van der Waals surface area (Å²) in [5, 5.41) is 5.62. The van der Waals surface area contributed by atoms with E-state index in [0.717, 1.165) is 41.9 Å². The van der Waals surface area contributed by atoms with E-state index < -0.39 is 0 Å². The van der Waals surface area contributed by atoms with Crippen LogP contribution in [0.15, 0.2) is 12.1 Å². The summed E-state index contributed by atoms with van der Waals surface area (Å²) in [4.78, 5) is 4.80. The number of benzene rings is 1. The van der Waals surface area contributed by atoms with Crippen LogP contribution < -0.4 is 5.32 Å². The minimum absolute atomic E-state index is 0.805. The number of nitrogens with one attached hydrogen (secondary N) is 1. The van der Waals surface area contributed by atoms with Crippen molar-refractivity contribution in [2.24, 2.45) is 0 Å². The topological polar surface area (TPSA) is 24.9 Å². The minimum Gasteiger partial charge on any atom is -0.384 e. The Hall–Kier alpha value is -1.28. The Bertz CT molecular complexity index is 634. The van der Waals surface area contributed by atoms with E-state index in [1.54, 1.807) is 0 Å². The highest BCUT2D eigenvalue weighted by atomic mass is 35.5. The molecule has 3 rings (SSSR count). The number of halogens is 1. The molecule has 0 atom stereocenters. The molecule has 3 heteroatoms. The van der Waals surface area contributed by atoms with Crippen molar-refractivity contribution in [2.45, 2.75) is 39.5 Å². The molecule has 0 unspecified atom stereocenters. The predicted octanol–water partition coefficient (Wildman–Crippen LogP) is 4.51. The van der Waals surface area contributed by atoms with E-state index >= 15 is 0 Å². The van der Waals surface area contributed by atoms with Gasteiger partial charge in [0.1, 0.15) is 0 Å². The van der Waals surface area contributed by atoms with Gasteiger partial charge in [0, 0.05) is 28.3 Å². The molecule has 2 aromatic rings. The molecule has 0 bridgehead atoms. The fraction of sp³-hybridized carbons (Fsp3) is 0.438. The Morgan fingerprint density at radius 3 is 2.95 bits per heavy atom. The standard InChI is InChI=1S/C16H19ClN2/c1-3-7-18-16-11-5-4-6-14(11)19-15-9-13(17)10(2)8-12(15)16/h8-9H,3-7H2,1-2H3,(H,18,19). The smallest absolute Gasteiger partial charge is 0.0741 e. The molecule has 19 heavy (non-hydrogen) atoms. The first kappa shape index (κ1) is 12.7. The van der Waals surface area contributed by atoms with E-state index in [1.807, 2.05) is 6.07 Å². The zero-order valence-electron chi connectivity index (χ0n) is 11.5. The zero-order chi connectivity index (χ0) is 13.4. The molecule has 1 N–H and O–H groups in total. The summed E-state index contributed by atoms with van der Waals surface area (Å²) in [6, 6.07) is 4.17. The van der Waals surface area contributed by atoms with Gasteiger partial charge in [-0.3, -0.25) is 4.98 Å². The number of anilines is 1. The van der Waals surface area contributed by atoms with Gasteiger partial charge in [0.25, 0.3) is 0 Å². The Kier molecular flexibility index (Phi) is 3.36. The third-order valence-electron chi connectivity index (χ3n) is 3.84. The van der Waals surface area contributed by atoms with Gasteiger partial charge in [0.2, 0.25) is 0 Å². The molecular weight excluding hydrogens is 256 g/mol. The van der Waals surface area contributed by atoms with Crippen molar-refractivity contribution >= 4 is 28.2 Å². The normalized spacial score (nSPS) is 13.8. The third-order valence-corrected chi connectivity index (χ3v) is 4.25. The monoisotopic (exact) mass is 274 g/mol. The summed E-state index contributed by atoms with van der Waals surface area (Å²) < 4.78 is 0. The van der Waals surface area contributed by atoms with E-state index in [4.69, 9.17) is 16.6 Å². The minimum atomic E-state index is 0.805. The van der Waals surface area contributed by atoms with Gasteiger partial charge in [-0.2, -0.15) is 0 Å². The summed E-state index contributed by atoms with van der Waals surface area (Å²) >= 11 is 6.23. The first-order chi connectivity index (χ1) is 9.20. The van der Waals surface area contributed by atoms with Gasteiger partial charge in [0.15, 0.2) is 0 Å². The second-order valence-corrected chi connectivity index (χ2v) is 5.72. The number of hydrogen-bond donors (Lipinski definition) is 1. The first-order valence-electron chi connectivity index (χ1n) is 7.06. The van der Waals surface area contributed by atoms with Crippen molar-refractivity contribution < 1.29 is 0 Å². The van der Waals surface area contributed by atoms with Crippen molar-refractivity contribution in [3.05, 3.63) is 34.0 Å². The molecule has 100 valence electrons. The lowest BCUT2D eigenvalue weighted by Crippen LogP contribution is -2.05. The van der Waals surface area contributed by atoms with E-state index in [1.165, 1.54) is 28.8 Å². The predicted molar refractivity (Wildman–Crippen MR) is 82.3 cm³/mol. The van der Waals surface area contributed by atoms with Crippen LogP contribution in [0.2, 0.25) is 5.02 Å². The Morgan fingerprint density at radius 1 is 1.32 bits per heavy atom. The van der Waals surface area contributed by atoms with Gasteiger partial charge >= 0.3 is 0 Å². The molecule has 2 nitrogen and oxygen atoms in total. The van der Waals surface area contributed by atoms with E-state index in [9.17, 15) is 0 Å². The molecule has 1 aromatic carbocycles. The van der Waals surface area contributed by atoms with E-state index in [2.05, 4.69) is 25.2 Å². The highest BCUT2D eigenvalue weighted by Crippen LogP contribution is 2.36. The van der Waals surface area contributed by atoms with Gasteiger partial charge in [-0.05, 0) is 55.9 Å². The van der Waals surface area contributed by atoms with Crippen LogP contribution in [0.5, 0.6) is 0 Å². The van der Waals surface area contributed by atoms with Gasteiger partial charge < -0.3 is 5.32 Å². The van der Waals surface area contributed by atoms with Crippen molar-refractivity contribution in [1.82, 2.24) is 4.98 Å². The second kappa shape index (κ2) is 5.01. The number of nitrogens with zero attached hydrogens (tertiary/aromatic N) is 1. The average Bonchev–Trinajstić information content (AvgIpc) is 2.84.